The first-order valence-electron chi connectivity index (χ1n) is 5.93. The lowest BCUT2D eigenvalue weighted by atomic mass is 10.2. The van der Waals surface area contributed by atoms with Gasteiger partial charge in [0.25, 0.3) is 0 Å². The summed E-state index contributed by atoms with van der Waals surface area (Å²) in [5.41, 5.74) is 0. The molecule has 0 amide bonds. The van der Waals surface area contributed by atoms with Crippen LogP contribution in [0.5, 0.6) is 0 Å². The largest absolute Gasteiger partial charge is 0.395 e. The third-order valence-corrected chi connectivity index (χ3v) is 5.27. The van der Waals surface area contributed by atoms with Gasteiger partial charge in [0.2, 0.25) is 0 Å². The van der Waals surface area contributed by atoms with E-state index in [0.717, 1.165) is 16.5 Å². The summed E-state index contributed by atoms with van der Waals surface area (Å²) < 4.78 is 0. The van der Waals surface area contributed by atoms with Crippen LogP contribution >= 0.6 is 23.1 Å². The zero-order chi connectivity index (χ0) is 12.7. The Kier molecular flexibility index (Phi) is 6.72. The van der Waals surface area contributed by atoms with Crippen molar-refractivity contribution in [2.45, 2.75) is 38.2 Å². The summed E-state index contributed by atoms with van der Waals surface area (Å²) in [7, 11) is 0. The molecule has 1 N–H and O–H groups in total. The average molecular weight is 268 g/mol. The summed E-state index contributed by atoms with van der Waals surface area (Å²) in [5, 5.41) is 9.34. The van der Waals surface area contributed by atoms with E-state index in [0.29, 0.717) is 11.7 Å². The highest BCUT2D eigenvalue weighted by Gasteiger charge is 2.08. The number of aliphatic hydroxyl groups excluding tert-OH is 1. The number of thioether (sulfide) groups is 1. The van der Waals surface area contributed by atoms with Gasteiger partial charge < -0.3 is 5.11 Å². The molecule has 3 heteroatoms. The molecular formula is C14H20OS2. The van der Waals surface area contributed by atoms with Crippen LogP contribution in [0.15, 0.2) is 12.1 Å². The Balaban J connectivity index is 2.44. The van der Waals surface area contributed by atoms with Crippen LogP contribution in [0.2, 0.25) is 0 Å². The summed E-state index contributed by atoms with van der Waals surface area (Å²) in [6.45, 7) is 6.95. The molecule has 1 atom stereocenters. The van der Waals surface area contributed by atoms with Gasteiger partial charge in [-0.15, -0.1) is 11.3 Å². The Labute approximate surface area is 113 Å². The fourth-order valence-corrected chi connectivity index (χ4v) is 3.16. The Morgan fingerprint density at radius 1 is 1.35 bits per heavy atom. The van der Waals surface area contributed by atoms with Crippen LogP contribution in [-0.2, 0) is 5.75 Å². The van der Waals surface area contributed by atoms with Crippen molar-refractivity contribution in [1.82, 2.24) is 0 Å². The highest BCUT2D eigenvalue weighted by Crippen LogP contribution is 2.26. The first-order valence-corrected chi connectivity index (χ1v) is 7.80. The molecule has 0 aromatic carbocycles. The zero-order valence-corrected chi connectivity index (χ0v) is 12.3. The second-order valence-electron chi connectivity index (χ2n) is 4.30. The Bertz CT molecular complexity index is 384. The number of rotatable bonds is 5. The highest BCUT2D eigenvalue weighted by atomic mass is 32.2. The van der Waals surface area contributed by atoms with Crippen LogP contribution < -0.4 is 0 Å². The summed E-state index contributed by atoms with van der Waals surface area (Å²) in [6, 6.07) is 4.23. The van der Waals surface area contributed by atoms with Crippen molar-refractivity contribution in [1.29, 1.82) is 0 Å². The minimum absolute atomic E-state index is 0.146. The van der Waals surface area contributed by atoms with E-state index >= 15 is 0 Å². The van der Waals surface area contributed by atoms with Crippen LogP contribution in [0.4, 0.5) is 0 Å². The van der Waals surface area contributed by atoms with Gasteiger partial charge in [-0.2, -0.15) is 11.8 Å². The molecule has 1 nitrogen and oxygen atoms in total. The highest BCUT2D eigenvalue weighted by molar-refractivity contribution is 7.99. The van der Waals surface area contributed by atoms with E-state index in [9.17, 15) is 0 Å². The summed E-state index contributed by atoms with van der Waals surface area (Å²) in [4.78, 5) is 2.49. The van der Waals surface area contributed by atoms with Crippen molar-refractivity contribution in [3.63, 3.8) is 0 Å². The summed E-state index contributed by atoms with van der Waals surface area (Å²) in [5.74, 6) is 7.83. The lowest BCUT2D eigenvalue weighted by Crippen LogP contribution is -2.05. The van der Waals surface area contributed by atoms with E-state index in [1.54, 1.807) is 11.3 Å². The molecule has 1 unspecified atom stereocenters. The van der Waals surface area contributed by atoms with Crippen LogP contribution in [0.1, 0.15) is 36.9 Å². The van der Waals surface area contributed by atoms with Crippen LogP contribution in [-0.4, -0.2) is 17.0 Å². The Morgan fingerprint density at radius 3 is 2.76 bits per heavy atom. The number of hydrogen-bond donors (Lipinski definition) is 1. The van der Waals surface area contributed by atoms with E-state index in [4.69, 9.17) is 5.11 Å². The zero-order valence-electron chi connectivity index (χ0n) is 10.7. The van der Waals surface area contributed by atoms with E-state index in [1.165, 1.54) is 4.88 Å². The van der Waals surface area contributed by atoms with Crippen molar-refractivity contribution in [2.24, 2.45) is 5.92 Å². The quantitative estimate of drug-likeness (QED) is 0.821. The first kappa shape index (κ1) is 14.6. The molecule has 0 aliphatic carbocycles. The predicted molar refractivity (Wildman–Crippen MR) is 78.5 cm³/mol. The average Bonchev–Trinajstić information content (AvgIpc) is 2.74. The standard InChI is InChI=1S/C14H20OS2/c1-11(2)12(3)16-10-14-8-7-13(17-14)6-4-5-9-15/h7-8,11-12,15H,5,9-10H2,1-3H3. The molecule has 1 aromatic rings. The lowest BCUT2D eigenvalue weighted by molar-refractivity contribution is 0.305. The molecule has 1 rings (SSSR count). The fraction of sp³-hybridized carbons (Fsp3) is 0.571. The molecule has 0 saturated heterocycles. The first-order chi connectivity index (χ1) is 8.13. The smallest absolute Gasteiger partial charge is 0.0771 e. The van der Waals surface area contributed by atoms with Crippen molar-refractivity contribution >= 4 is 23.1 Å². The van der Waals surface area contributed by atoms with Gasteiger partial charge in [-0.3, -0.25) is 0 Å². The summed E-state index contributed by atoms with van der Waals surface area (Å²) in [6.07, 6.45) is 0.562. The Morgan fingerprint density at radius 2 is 2.12 bits per heavy atom. The van der Waals surface area contributed by atoms with Crippen LogP contribution in [0, 0.1) is 17.8 Å². The third-order valence-electron chi connectivity index (χ3n) is 2.54. The van der Waals surface area contributed by atoms with Gasteiger partial charge in [-0.25, -0.2) is 0 Å². The van der Waals surface area contributed by atoms with Gasteiger partial charge in [-0.05, 0) is 18.1 Å². The van der Waals surface area contributed by atoms with Crippen molar-refractivity contribution in [2.75, 3.05) is 6.61 Å². The topological polar surface area (TPSA) is 20.2 Å². The van der Waals surface area contributed by atoms with Gasteiger partial charge in [0.1, 0.15) is 0 Å². The van der Waals surface area contributed by atoms with Crippen LogP contribution in [0.25, 0.3) is 0 Å². The molecule has 0 bridgehead atoms. The van der Waals surface area contributed by atoms with Gasteiger partial charge in [-0.1, -0.05) is 32.6 Å². The Hall–Kier alpha value is -0.430. The molecule has 17 heavy (non-hydrogen) atoms. The number of aliphatic hydroxyl groups is 1. The maximum absolute atomic E-state index is 8.64. The minimum Gasteiger partial charge on any atom is -0.395 e. The molecular weight excluding hydrogens is 248 g/mol. The van der Waals surface area contributed by atoms with Gasteiger partial charge in [0.15, 0.2) is 0 Å². The van der Waals surface area contributed by atoms with E-state index in [2.05, 4.69) is 44.7 Å². The molecule has 1 heterocycles. The van der Waals surface area contributed by atoms with E-state index < -0.39 is 0 Å². The summed E-state index contributed by atoms with van der Waals surface area (Å²) >= 11 is 3.76. The second kappa shape index (κ2) is 7.81. The van der Waals surface area contributed by atoms with Crippen molar-refractivity contribution < 1.29 is 5.11 Å². The predicted octanol–water partition coefficient (Wildman–Crippen LogP) is 3.76. The molecule has 0 spiro atoms. The minimum atomic E-state index is 0.146. The molecule has 94 valence electrons. The molecule has 0 fully saturated rings. The molecule has 0 radical (unpaired) electrons. The molecule has 0 saturated carbocycles. The number of thiophene rings is 1. The van der Waals surface area contributed by atoms with Gasteiger partial charge in [0.05, 0.1) is 11.5 Å². The second-order valence-corrected chi connectivity index (χ2v) is 6.84. The molecule has 0 aliphatic heterocycles. The SMILES string of the molecule is CC(C)C(C)SCc1ccc(C#CCCO)s1. The fourth-order valence-electron chi connectivity index (χ4n) is 1.13. The normalized spacial score (nSPS) is 12.3. The maximum Gasteiger partial charge on any atom is 0.0771 e. The monoisotopic (exact) mass is 268 g/mol. The van der Waals surface area contributed by atoms with Crippen molar-refractivity contribution in [3.8, 4) is 11.8 Å². The van der Waals surface area contributed by atoms with Gasteiger partial charge >= 0.3 is 0 Å². The van der Waals surface area contributed by atoms with Crippen molar-refractivity contribution in [3.05, 3.63) is 21.9 Å². The lowest BCUT2D eigenvalue weighted by Gasteiger charge is -2.13. The van der Waals surface area contributed by atoms with E-state index in [1.807, 2.05) is 11.8 Å². The number of hydrogen-bond acceptors (Lipinski definition) is 3. The molecule has 1 aromatic heterocycles. The molecule has 0 aliphatic rings. The van der Waals surface area contributed by atoms with Gasteiger partial charge in [0, 0.05) is 22.3 Å². The maximum atomic E-state index is 8.64. The van der Waals surface area contributed by atoms with E-state index in [-0.39, 0.29) is 6.61 Å². The third kappa shape index (κ3) is 5.63. The van der Waals surface area contributed by atoms with Crippen LogP contribution in [0.3, 0.4) is 0 Å².